The van der Waals surface area contributed by atoms with Crippen molar-refractivity contribution in [1.82, 2.24) is 19.2 Å². The second-order valence-corrected chi connectivity index (χ2v) is 7.04. The highest BCUT2D eigenvalue weighted by Crippen LogP contribution is 2.25. The van der Waals surface area contributed by atoms with E-state index < -0.39 is 0 Å². The summed E-state index contributed by atoms with van der Waals surface area (Å²) in [5.41, 5.74) is 2.23. The Bertz CT molecular complexity index is 1010. The maximum absolute atomic E-state index is 11.9. The van der Waals surface area contributed by atoms with Gasteiger partial charge in [0.2, 0.25) is 0 Å². The van der Waals surface area contributed by atoms with Gasteiger partial charge < -0.3 is 14.6 Å². The minimum Gasteiger partial charge on any atom is -0.379 e. The van der Waals surface area contributed by atoms with E-state index in [2.05, 4.69) is 38.2 Å². The first-order valence-corrected chi connectivity index (χ1v) is 9.37. The van der Waals surface area contributed by atoms with Gasteiger partial charge in [0, 0.05) is 56.0 Å². The van der Waals surface area contributed by atoms with Crippen LogP contribution >= 0.6 is 11.6 Å². The molecule has 1 aliphatic rings. The molecule has 0 atom stereocenters. The Hall–Kier alpha value is -2.35. The topological polar surface area (TPSA) is 64.3 Å². The third kappa shape index (κ3) is 3.85. The number of hydrogen-bond donors (Lipinski definition) is 1. The quantitative estimate of drug-likeness (QED) is 0.728. The van der Waals surface area contributed by atoms with Gasteiger partial charge in [-0.2, -0.15) is 5.10 Å². The van der Waals surface area contributed by atoms with Crippen molar-refractivity contribution in [2.24, 2.45) is 7.05 Å². The molecule has 27 heavy (non-hydrogen) atoms. The lowest BCUT2D eigenvalue weighted by Gasteiger charge is -2.26. The van der Waals surface area contributed by atoms with Gasteiger partial charge in [-0.1, -0.05) is 11.6 Å². The molecule has 0 bridgehead atoms. The van der Waals surface area contributed by atoms with E-state index in [0.29, 0.717) is 5.69 Å². The number of anilines is 2. The highest BCUT2D eigenvalue weighted by molar-refractivity contribution is 6.33. The number of benzene rings is 1. The molecule has 0 unspecified atom stereocenters. The van der Waals surface area contributed by atoms with E-state index in [1.165, 1.54) is 10.2 Å². The average Bonchev–Trinajstić information content (AvgIpc) is 3.10. The van der Waals surface area contributed by atoms with Crippen LogP contribution in [0.2, 0.25) is 5.02 Å². The van der Waals surface area contributed by atoms with Gasteiger partial charge >= 0.3 is 0 Å². The van der Waals surface area contributed by atoms with Crippen molar-refractivity contribution in [3.8, 4) is 0 Å². The molecule has 3 aromatic rings. The molecule has 1 saturated heterocycles. The first-order chi connectivity index (χ1) is 13.1. The van der Waals surface area contributed by atoms with Crippen molar-refractivity contribution in [3.63, 3.8) is 0 Å². The Morgan fingerprint density at radius 1 is 1.22 bits per heavy atom. The van der Waals surface area contributed by atoms with Gasteiger partial charge in [-0.25, -0.2) is 4.68 Å². The van der Waals surface area contributed by atoms with Crippen molar-refractivity contribution in [1.29, 1.82) is 0 Å². The molecule has 0 radical (unpaired) electrons. The minimum atomic E-state index is -0.322. The number of rotatable bonds is 5. The minimum absolute atomic E-state index is 0.135. The van der Waals surface area contributed by atoms with Gasteiger partial charge in [0.15, 0.2) is 0 Å². The monoisotopic (exact) mass is 387 g/mol. The zero-order valence-corrected chi connectivity index (χ0v) is 15.9. The number of aryl methyl sites for hydroxylation is 1. The van der Waals surface area contributed by atoms with Crippen LogP contribution in [0.5, 0.6) is 0 Å². The first-order valence-electron chi connectivity index (χ1n) is 8.99. The van der Waals surface area contributed by atoms with Gasteiger partial charge in [0.1, 0.15) is 5.02 Å². The Labute approximate surface area is 162 Å². The van der Waals surface area contributed by atoms with Crippen LogP contribution in [0.1, 0.15) is 0 Å². The van der Waals surface area contributed by atoms with Crippen LogP contribution in [-0.4, -0.2) is 52.1 Å². The van der Waals surface area contributed by atoms with E-state index >= 15 is 0 Å². The molecule has 1 aromatic carbocycles. The summed E-state index contributed by atoms with van der Waals surface area (Å²) in [5, 5.41) is 8.47. The van der Waals surface area contributed by atoms with Crippen LogP contribution in [0, 0.1) is 0 Å². The molecule has 8 heteroatoms. The second-order valence-electron chi connectivity index (χ2n) is 6.66. The summed E-state index contributed by atoms with van der Waals surface area (Å²) in [6.07, 6.45) is 3.67. The smallest absolute Gasteiger partial charge is 0.287 e. The van der Waals surface area contributed by atoms with Gasteiger partial charge in [0.25, 0.3) is 5.56 Å². The number of nitrogens with zero attached hydrogens (tertiary/aromatic N) is 4. The number of hydrogen-bond acceptors (Lipinski definition) is 5. The van der Waals surface area contributed by atoms with Crippen LogP contribution in [0.25, 0.3) is 10.9 Å². The van der Waals surface area contributed by atoms with Crippen LogP contribution in [0.15, 0.2) is 41.5 Å². The van der Waals surface area contributed by atoms with Crippen LogP contribution in [-0.2, 0) is 18.3 Å². The third-order valence-corrected chi connectivity index (χ3v) is 5.25. The van der Waals surface area contributed by atoms with Gasteiger partial charge in [-0.05, 0) is 24.3 Å². The van der Waals surface area contributed by atoms with E-state index in [0.717, 1.165) is 50.5 Å². The molecule has 0 spiro atoms. The van der Waals surface area contributed by atoms with Crippen molar-refractivity contribution in [3.05, 3.63) is 52.0 Å². The molecule has 1 fully saturated rings. The summed E-state index contributed by atoms with van der Waals surface area (Å²) in [5.74, 6) is 0. The lowest BCUT2D eigenvalue weighted by Crippen LogP contribution is -2.38. The standard InChI is InChI=1S/C19H22ClN5O2/c1-23-19(26)18(20)16(13-21-23)22-15-2-3-17-14(12-15)4-5-25(17)7-6-24-8-10-27-11-9-24/h2-5,12-13,22H,6-11H2,1H3. The molecule has 0 saturated carbocycles. The van der Waals surface area contributed by atoms with Crippen molar-refractivity contribution in [2.45, 2.75) is 6.54 Å². The number of nitrogens with one attached hydrogen (secondary N) is 1. The summed E-state index contributed by atoms with van der Waals surface area (Å²) < 4.78 is 8.88. The van der Waals surface area contributed by atoms with E-state index in [1.54, 1.807) is 13.2 Å². The van der Waals surface area contributed by atoms with Crippen LogP contribution < -0.4 is 10.9 Å². The molecule has 7 nitrogen and oxygen atoms in total. The number of morpholine rings is 1. The normalized spacial score (nSPS) is 15.3. The molecule has 142 valence electrons. The highest BCUT2D eigenvalue weighted by Gasteiger charge is 2.11. The summed E-state index contributed by atoms with van der Waals surface area (Å²) >= 11 is 6.13. The van der Waals surface area contributed by atoms with Crippen molar-refractivity contribution < 1.29 is 4.74 Å². The predicted octanol–water partition coefficient (Wildman–Crippen LogP) is 2.46. The zero-order chi connectivity index (χ0) is 18.8. The molecular formula is C19H22ClN5O2. The fourth-order valence-electron chi connectivity index (χ4n) is 3.30. The van der Waals surface area contributed by atoms with E-state index in [1.807, 2.05) is 12.1 Å². The number of ether oxygens (including phenoxy) is 1. The second kappa shape index (κ2) is 7.72. The van der Waals surface area contributed by atoms with Gasteiger partial charge in [0.05, 0.1) is 25.1 Å². The molecular weight excluding hydrogens is 366 g/mol. The van der Waals surface area contributed by atoms with Crippen LogP contribution in [0.3, 0.4) is 0 Å². The Morgan fingerprint density at radius 2 is 2.04 bits per heavy atom. The summed E-state index contributed by atoms with van der Waals surface area (Å²) in [6.45, 7) is 5.60. The SMILES string of the molecule is Cn1ncc(Nc2ccc3c(ccn3CCN3CCOCC3)c2)c(Cl)c1=O. The molecule has 1 aliphatic heterocycles. The Morgan fingerprint density at radius 3 is 2.85 bits per heavy atom. The van der Waals surface area contributed by atoms with Gasteiger partial charge in [-0.15, -0.1) is 0 Å². The van der Waals surface area contributed by atoms with Gasteiger partial charge in [-0.3, -0.25) is 9.69 Å². The van der Waals surface area contributed by atoms with Crippen molar-refractivity contribution in [2.75, 3.05) is 38.2 Å². The predicted molar refractivity (Wildman–Crippen MR) is 107 cm³/mol. The molecule has 2 aromatic heterocycles. The third-order valence-electron chi connectivity index (χ3n) is 4.89. The molecule has 3 heterocycles. The Balaban J connectivity index is 1.50. The summed E-state index contributed by atoms with van der Waals surface area (Å²) in [6, 6.07) is 8.22. The number of fused-ring (bicyclic) bond motifs is 1. The van der Waals surface area contributed by atoms with E-state index in [9.17, 15) is 4.79 Å². The van der Waals surface area contributed by atoms with Crippen LogP contribution in [0.4, 0.5) is 11.4 Å². The average molecular weight is 388 g/mol. The fourth-order valence-corrected chi connectivity index (χ4v) is 3.52. The largest absolute Gasteiger partial charge is 0.379 e. The van der Waals surface area contributed by atoms with Crippen molar-refractivity contribution >= 4 is 33.9 Å². The fraction of sp³-hybridized carbons (Fsp3) is 0.368. The summed E-state index contributed by atoms with van der Waals surface area (Å²) in [4.78, 5) is 14.3. The summed E-state index contributed by atoms with van der Waals surface area (Å²) in [7, 11) is 1.57. The molecule has 0 aliphatic carbocycles. The first kappa shape index (κ1) is 18.0. The molecule has 0 amide bonds. The number of halogens is 1. The lowest BCUT2D eigenvalue weighted by atomic mass is 10.2. The highest BCUT2D eigenvalue weighted by atomic mass is 35.5. The molecule has 1 N–H and O–H groups in total. The maximum atomic E-state index is 11.9. The molecule has 4 rings (SSSR count). The van der Waals surface area contributed by atoms with E-state index in [-0.39, 0.29) is 10.6 Å². The Kier molecular flexibility index (Phi) is 5.15. The maximum Gasteiger partial charge on any atom is 0.287 e. The number of aromatic nitrogens is 3. The lowest BCUT2D eigenvalue weighted by molar-refractivity contribution is 0.0365. The van der Waals surface area contributed by atoms with E-state index in [4.69, 9.17) is 16.3 Å². The zero-order valence-electron chi connectivity index (χ0n) is 15.2.